The number of hydrogen-bond acceptors (Lipinski definition) is 3. The molecule has 0 spiro atoms. The van der Waals surface area contributed by atoms with Crippen LogP contribution in [0.5, 0.6) is 0 Å². The maximum absolute atomic E-state index is 12.3. The van der Waals surface area contributed by atoms with Crippen LogP contribution in [0.1, 0.15) is 36.0 Å². The first kappa shape index (κ1) is 19.9. The van der Waals surface area contributed by atoms with Crippen LogP contribution in [0, 0.1) is 5.92 Å². The number of halogens is 2. The van der Waals surface area contributed by atoms with Gasteiger partial charge in [0.1, 0.15) is 0 Å². The van der Waals surface area contributed by atoms with Crippen LogP contribution in [0.25, 0.3) is 0 Å². The molecule has 1 atom stereocenters. The summed E-state index contributed by atoms with van der Waals surface area (Å²) in [5.41, 5.74) is 0.615. The second kappa shape index (κ2) is 9.91. The van der Waals surface area contributed by atoms with Crippen LogP contribution in [0.15, 0.2) is 24.3 Å². The fourth-order valence-corrected chi connectivity index (χ4v) is 3.03. The van der Waals surface area contributed by atoms with Crippen LogP contribution in [0.2, 0.25) is 5.02 Å². The number of benzene rings is 1. The summed E-state index contributed by atoms with van der Waals surface area (Å²) >= 11 is 5.81. The molecule has 1 saturated heterocycles. The predicted octanol–water partition coefficient (Wildman–Crippen LogP) is 3.18. The molecule has 0 radical (unpaired) electrons. The van der Waals surface area contributed by atoms with Gasteiger partial charge in [-0.15, -0.1) is 12.4 Å². The lowest BCUT2D eigenvalue weighted by atomic mass is 9.97. The average Bonchev–Trinajstić information content (AvgIpc) is 2.53. The van der Waals surface area contributed by atoms with Crippen LogP contribution in [0.3, 0.4) is 0 Å². The number of nitrogens with one attached hydrogen (secondary N) is 1. The molecule has 0 bridgehead atoms. The standard InChI is InChI=1S/C17H23ClN2O2.ClH/c1-19-11-13-3-2-10-20(12-13)17(22)9-8-16(21)14-4-6-15(18)7-5-14;/h4-7,13,19H,2-3,8-12H2,1H3;1H. The third kappa shape index (κ3) is 6.13. The Kier molecular flexibility index (Phi) is 8.59. The van der Waals surface area contributed by atoms with Gasteiger partial charge in [0.2, 0.25) is 5.91 Å². The number of ketones is 1. The van der Waals surface area contributed by atoms with E-state index in [9.17, 15) is 9.59 Å². The molecule has 0 aliphatic carbocycles. The first-order valence-electron chi connectivity index (χ1n) is 7.81. The molecule has 0 aromatic heterocycles. The van der Waals surface area contributed by atoms with Gasteiger partial charge in [-0.05, 0) is 56.6 Å². The van der Waals surface area contributed by atoms with Gasteiger partial charge in [0, 0.05) is 36.5 Å². The van der Waals surface area contributed by atoms with Gasteiger partial charge in [-0.2, -0.15) is 0 Å². The van der Waals surface area contributed by atoms with Crippen molar-refractivity contribution in [2.24, 2.45) is 5.92 Å². The molecule has 128 valence electrons. The molecule has 1 heterocycles. The monoisotopic (exact) mass is 358 g/mol. The van der Waals surface area contributed by atoms with Crippen molar-refractivity contribution in [1.29, 1.82) is 0 Å². The fraction of sp³-hybridized carbons (Fsp3) is 0.529. The topological polar surface area (TPSA) is 49.4 Å². The normalized spacial score (nSPS) is 17.5. The van der Waals surface area contributed by atoms with Crippen molar-refractivity contribution >= 4 is 35.7 Å². The van der Waals surface area contributed by atoms with Crippen molar-refractivity contribution in [3.8, 4) is 0 Å². The van der Waals surface area contributed by atoms with Gasteiger partial charge >= 0.3 is 0 Å². The van der Waals surface area contributed by atoms with Crippen molar-refractivity contribution in [3.63, 3.8) is 0 Å². The Hall–Kier alpha value is -1.10. The Morgan fingerprint density at radius 1 is 1.26 bits per heavy atom. The number of Topliss-reactive ketones (excluding diaryl/α,β-unsaturated/α-hetero) is 1. The number of likely N-dealkylation sites (tertiary alicyclic amines) is 1. The summed E-state index contributed by atoms with van der Waals surface area (Å²) in [6.45, 7) is 2.55. The Morgan fingerprint density at radius 2 is 1.96 bits per heavy atom. The highest BCUT2D eigenvalue weighted by molar-refractivity contribution is 6.30. The summed E-state index contributed by atoms with van der Waals surface area (Å²) in [6.07, 6.45) is 2.75. The number of carbonyl (C=O) groups is 2. The molecule has 1 aromatic carbocycles. The second-order valence-corrected chi connectivity index (χ2v) is 6.27. The lowest BCUT2D eigenvalue weighted by Gasteiger charge is -2.32. The third-order valence-electron chi connectivity index (χ3n) is 4.10. The minimum Gasteiger partial charge on any atom is -0.342 e. The van der Waals surface area contributed by atoms with Crippen molar-refractivity contribution in [3.05, 3.63) is 34.9 Å². The van der Waals surface area contributed by atoms with Crippen LogP contribution in [-0.2, 0) is 4.79 Å². The van der Waals surface area contributed by atoms with Gasteiger partial charge in [0.15, 0.2) is 5.78 Å². The number of amides is 1. The SMILES string of the molecule is CNCC1CCCN(C(=O)CCC(=O)c2ccc(Cl)cc2)C1.Cl. The minimum absolute atomic E-state index is 0. The van der Waals surface area contributed by atoms with E-state index in [1.807, 2.05) is 11.9 Å². The molecule has 1 fully saturated rings. The van der Waals surface area contributed by atoms with E-state index in [1.54, 1.807) is 24.3 Å². The number of rotatable bonds is 6. The fourth-order valence-electron chi connectivity index (χ4n) is 2.91. The van der Waals surface area contributed by atoms with Crippen molar-refractivity contribution in [1.82, 2.24) is 10.2 Å². The van der Waals surface area contributed by atoms with E-state index >= 15 is 0 Å². The van der Waals surface area contributed by atoms with E-state index in [0.717, 1.165) is 32.5 Å². The van der Waals surface area contributed by atoms with Crippen LogP contribution >= 0.6 is 24.0 Å². The molecule has 1 N–H and O–H groups in total. The smallest absolute Gasteiger partial charge is 0.223 e. The average molecular weight is 359 g/mol. The summed E-state index contributed by atoms with van der Waals surface area (Å²) < 4.78 is 0. The molecule has 0 saturated carbocycles. The van der Waals surface area contributed by atoms with E-state index in [0.29, 0.717) is 16.5 Å². The summed E-state index contributed by atoms with van der Waals surface area (Å²) in [5, 5.41) is 3.78. The number of hydrogen-bond donors (Lipinski definition) is 1. The first-order chi connectivity index (χ1) is 10.6. The van der Waals surface area contributed by atoms with Crippen LogP contribution in [-0.4, -0.2) is 43.3 Å². The zero-order chi connectivity index (χ0) is 15.9. The Balaban J connectivity index is 0.00000264. The summed E-state index contributed by atoms with van der Waals surface area (Å²) in [7, 11) is 1.94. The molecule has 4 nitrogen and oxygen atoms in total. The highest BCUT2D eigenvalue weighted by Crippen LogP contribution is 2.18. The van der Waals surface area contributed by atoms with Gasteiger partial charge in [-0.25, -0.2) is 0 Å². The van der Waals surface area contributed by atoms with Gasteiger partial charge in [-0.1, -0.05) is 11.6 Å². The second-order valence-electron chi connectivity index (χ2n) is 5.84. The number of carbonyl (C=O) groups excluding carboxylic acids is 2. The van der Waals surface area contributed by atoms with E-state index in [-0.39, 0.29) is 36.9 Å². The molecular formula is C17H24Cl2N2O2. The number of piperidine rings is 1. The quantitative estimate of drug-likeness (QED) is 0.794. The van der Waals surface area contributed by atoms with E-state index in [4.69, 9.17) is 11.6 Å². The molecule has 1 aromatic rings. The third-order valence-corrected chi connectivity index (χ3v) is 4.35. The van der Waals surface area contributed by atoms with E-state index < -0.39 is 0 Å². The van der Waals surface area contributed by atoms with E-state index in [2.05, 4.69) is 5.32 Å². The first-order valence-corrected chi connectivity index (χ1v) is 8.19. The van der Waals surface area contributed by atoms with Gasteiger partial charge < -0.3 is 10.2 Å². The maximum Gasteiger partial charge on any atom is 0.223 e. The maximum atomic E-state index is 12.3. The molecule has 23 heavy (non-hydrogen) atoms. The van der Waals surface area contributed by atoms with Crippen LogP contribution in [0.4, 0.5) is 0 Å². The van der Waals surface area contributed by atoms with Crippen molar-refractivity contribution < 1.29 is 9.59 Å². The van der Waals surface area contributed by atoms with Crippen LogP contribution < -0.4 is 5.32 Å². The largest absolute Gasteiger partial charge is 0.342 e. The van der Waals surface area contributed by atoms with E-state index in [1.165, 1.54) is 0 Å². The van der Waals surface area contributed by atoms with Gasteiger partial charge in [0.25, 0.3) is 0 Å². The number of nitrogens with zero attached hydrogens (tertiary/aromatic N) is 1. The van der Waals surface area contributed by atoms with Gasteiger partial charge in [0.05, 0.1) is 0 Å². The molecule has 1 aliphatic rings. The summed E-state index contributed by atoms with van der Waals surface area (Å²) in [6, 6.07) is 6.81. The molecular weight excluding hydrogens is 335 g/mol. The van der Waals surface area contributed by atoms with Crippen molar-refractivity contribution in [2.75, 3.05) is 26.7 Å². The zero-order valence-electron chi connectivity index (χ0n) is 13.4. The Morgan fingerprint density at radius 3 is 2.61 bits per heavy atom. The molecule has 6 heteroatoms. The molecule has 1 unspecified atom stereocenters. The minimum atomic E-state index is -0.00574. The van der Waals surface area contributed by atoms with Crippen molar-refractivity contribution in [2.45, 2.75) is 25.7 Å². The molecule has 1 aliphatic heterocycles. The Bertz CT molecular complexity index is 518. The predicted molar refractivity (Wildman–Crippen MR) is 95.5 cm³/mol. The Labute approximate surface area is 149 Å². The highest BCUT2D eigenvalue weighted by atomic mass is 35.5. The zero-order valence-corrected chi connectivity index (χ0v) is 15.0. The lowest BCUT2D eigenvalue weighted by Crippen LogP contribution is -2.42. The lowest BCUT2D eigenvalue weighted by molar-refractivity contribution is -0.132. The summed E-state index contributed by atoms with van der Waals surface area (Å²) in [5.74, 6) is 0.603. The molecule has 2 rings (SSSR count). The summed E-state index contributed by atoms with van der Waals surface area (Å²) in [4.78, 5) is 26.3. The highest BCUT2D eigenvalue weighted by Gasteiger charge is 2.23. The van der Waals surface area contributed by atoms with Gasteiger partial charge in [-0.3, -0.25) is 9.59 Å². The molecule has 1 amide bonds.